The smallest absolute Gasteiger partial charge is 0.108 e. The van der Waals surface area contributed by atoms with Gasteiger partial charge in [-0.05, 0) is 6.08 Å². The minimum absolute atomic E-state index is 0.382. The second-order valence-electron chi connectivity index (χ2n) is 3.74. The lowest BCUT2D eigenvalue weighted by Gasteiger charge is -2.35. The van der Waals surface area contributed by atoms with E-state index in [1.165, 1.54) is 0 Å². The van der Waals surface area contributed by atoms with Crippen molar-refractivity contribution in [3.63, 3.8) is 0 Å². The molecule has 0 aromatic heterocycles. The van der Waals surface area contributed by atoms with E-state index >= 15 is 0 Å². The zero-order chi connectivity index (χ0) is 9.10. The van der Waals surface area contributed by atoms with Crippen LogP contribution in [0.25, 0.3) is 0 Å². The molecule has 3 heteroatoms. The molecule has 1 fully saturated rings. The van der Waals surface area contributed by atoms with Gasteiger partial charge in [0.25, 0.3) is 0 Å². The van der Waals surface area contributed by atoms with Crippen LogP contribution in [0.3, 0.4) is 0 Å². The molecule has 1 saturated heterocycles. The first kappa shape index (κ1) is 8.91. The Morgan fingerprint density at radius 3 is 2.85 bits per heavy atom. The van der Waals surface area contributed by atoms with Gasteiger partial charge in [0.2, 0.25) is 0 Å². The fraction of sp³-hybridized carbons (Fsp3) is 0.700. The molecule has 1 N–H and O–H groups in total. The fourth-order valence-electron chi connectivity index (χ4n) is 1.97. The van der Waals surface area contributed by atoms with Crippen LogP contribution in [0.4, 0.5) is 0 Å². The maximum Gasteiger partial charge on any atom is 0.108 e. The number of allylic oxidation sites excluding steroid dienone is 1. The van der Waals surface area contributed by atoms with Crippen molar-refractivity contribution < 1.29 is 0 Å². The van der Waals surface area contributed by atoms with Gasteiger partial charge in [0.15, 0.2) is 0 Å². The third-order valence-electron chi connectivity index (χ3n) is 2.74. The third kappa shape index (κ3) is 1.98. The standard InChI is InChI=1S/C10H17N3/c1-9-3-2-4-12-10(9)13-7-5-11-6-8-13/h2-4,9-11H,5-8H2,1H3. The van der Waals surface area contributed by atoms with Crippen LogP contribution in [0.5, 0.6) is 0 Å². The minimum atomic E-state index is 0.382. The lowest BCUT2D eigenvalue weighted by atomic mass is 10.0. The second-order valence-corrected chi connectivity index (χ2v) is 3.74. The molecule has 0 amide bonds. The average molecular weight is 179 g/mol. The van der Waals surface area contributed by atoms with Crippen LogP contribution >= 0.6 is 0 Å². The molecule has 2 atom stereocenters. The van der Waals surface area contributed by atoms with E-state index < -0.39 is 0 Å². The highest BCUT2D eigenvalue weighted by atomic mass is 15.3. The Morgan fingerprint density at radius 1 is 1.38 bits per heavy atom. The maximum absolute atomic E-state index is 4.52. The highest BCUT2D eigenvalue weighted by molar-refractivity contribution is 5.72. The Labute approximate surface area is 79.5 Å². The summed E-state index contributed by atoms with van der Waals surface area (Å²) < 4.78 is 0. The van der Waals surface area contributed by atoms with E-state index in [4.69, 9.17) is 0 Å². The Morgan fingerprint density at radius 2 is 2.15 bits per heavy atom. The molecule has 0 spiro atoms. The van der Waals surface area contributed by atoms with Crippen LogP contribution in [-0.2, 0) is 0 Å². The maximum atomic E-state index is 4.52. The number of piperazine rings is 1. The molecule has 2 aliphatic heterocycles. The third-order valence-corrected chi connectivity index (χ3v) is 2.74. The van der Waals surface area contributed by atoms with Crippen LogP contribution in [-0.4, -0.2) is 43.5 Å². The molecule has 0 aliphatic carbocycles. The highest BCUT2D eigenvalue weighted by Crippen LogP contribution is 2.16. The van der Waals surface area contributed by atoms with Gasteiger partial charge in [-0.15, -0.1) is 0 Å². The van der Waals surface area contributed by atoms with Crippen LogP contribution in [0.2, 0.25) is 0 Å². The first-order chi connectivity index (χ1) is 6.38. The molecule has 0 radical (unpaired) electrons. The number of hydrogen-bond donors (Lipinski definition) is 1. The van der Waals surface area contributed by atoms with E-state index in [0.717, 1.165) is 26.2 Å². The average Bonchev–Trinajstić information content (AvgIpc) is 2.20. The number of rotatable bonds is 1. The van der Waals surface area contributed by atoms with Crippen LogP contribution < -0.4 is 5.32 Å². The SMILES string of the molecule is CC1C=CC=NC1N1CCNCC1. The molecule has 2 unspecified atom stereocenters. The molecule has 13 heavy (non-hydrogen) atoms. The molecule has 3 nitrogen and oxygen atoms in total. The Kier molecular flexibility index (Phi) is 2.76. The van der Waals surface area contributed by atoms with Gasteiger partial charge in [-0.2, -0.15) is 0 Å². The van der Waals surface area contributed by atoms with E-state index in [-0.39, 0.29) is 0 Å². The van der Waals surface area contributed by atoms with Crippen LogP contribution in [0, 0.1) is 5.92 Å². The Bertz CT molecular complexity index is 216. The molecule has 72 valence electrons. The summed E-state index contributed by atoms with van der Waals surface area (Å²) in [5.41, 5.74) is 0. The molecule has 2 heterocycles. The molecular formula is C10H17N3. The quantitative estimate of drug-likeness (QED) is 0.634. The van der Waals surface area contributed by atoms with Crippen LogP contribution in [0.1, 0.15) is 6.92 Å². The summed E-state index contributed by atoms with van der Waals surface area (Å²) in [6.45, 7) is 6.69. The van der Waals surface area contributed by atoms with Crippen molar-refractivity contribution in [3.8, 4) is 0 Å². The highest BCUT2D eigenvalue weighted by Gasteiger charge is 2.23. The zero-order valence-corrected chi connectivity index (χ0v) is 8.11. The second kappa shape index (κ2) is 4.03. The molecular weight excluding hydrogens is 162 g/mol. The van der Waals surface area contributed by atoms with E-state index in [2.05, 4.69) is 28.2 Å². The number of nitrogens with zero attached hydrogens (tertiary/aromatic N) is 2. The lowest BCUT2D eigenvalue weighted by Crippen LogP contribution is -2.49. The summed E-state index contributed by atoms with van der Waals surface area (Å²) in [4.78, 5) is 6.98. The van der Waals surface area contributed by atoms with Gasteiger partial charge in [0, 0.05) is 38.3 Å². The van der Waals surface area contributed by atoms with Crippen molar-refractivity contribution in [1.82, 2.24) is 10.2 Å². The summed E-state index contributed by atoms with van der Waals surface area (Å²) in [6, 6.07) is 0. The van der Waals surface area contributed by atoms with Crippen molar-refractivity contribution in [2.45, 2.75) is 13.1 Å². The van der Waals surface area contributed by atoms with Crippen LogP contribution in [0.15, 0.2) is 17.1 Å². The normalized spacial score (nSPS) is 35.2. The van der Waals surface area contributed by atoms with E-state index in [9.17, 15) is 0 Å². The van der Waals surface area contributed by atoms with Gasteiger partial charge in [0.1, 0.15) is 6.17 Å². The number of aliphatic imine (C=N–C) groups is 1. The van der Waals surface area contributed by atoms with Crippen molar-refractivity contribution in [1.29, 1.82) is 0 Å². The monoisotopic (exact) mass is 179 g/mol. The molecule has 2 rings (SSSR count). The summed E-state index contributed by atoms with van der Waals surface area (Å²) in [7, 11) is 0. The number of nitrogens with one attached hydrogen (secondary N) is 1. The molecule has 0 bridgehead atoms. The van der Waals surface area contributed by atoms with Gasteiger partial charge < -0.3 is 5.32 Å². The van der Waals surface area contributed by atoms with Crippen molar-refractivity contribution in [2.75, 3.05) is 26.2 Å². The fourth-order valence-corrected chi connectivity index (χ4v) is 1.97. The molecule has 0 saturated carbocycles. The number of hydrogen-bond acceptors (Lipinski definition) is 3. The largest absolute Gasteiger partial charge is 0.314 e. The molecule has 2 aliphatic rings. The van der Waals surface area contributed by atoms with E-state index in [1.807, 2.05) is 12.3 Å². The first-order valence-electron chi connectivity index (χ1n) is 5.02. The minimum Gasteiger partial charge on any atom is -0.314 e. The summed E-state index contributed by atoms with van der Waals surface area (Å²) in [6.07, 6.45) is 6.59. The first-order valence-corrected chi connectivity index (χ1v) is 5.02. The molecule has 0 aromatic rings. The Hall–Kier alpha value is -0.670. The zero-order valence-electron chi connectivity index (χ0n) is 8.11. The van der Waals surface area contributed by atoms with E-state index in [1.54, 1.807) is 0 Å². The van der Waals surface area contributed by atoms with Crippen molar-refractivity contribution in [2.24, 2.45) is 10.9 Å². The van der Waals surface area contributed by atoms with Gasteiger partial charge in [0.05, 0.1) is 0 Å². The van der Waals surface area contributed by atoms with Gasteiger partial charge in [-0.25, -0.2) is 0 Å². The van der Waals surface area contributed by atoms with Gasteiger partial charge >= 0.3 is 0 Å². The predicted octanol–water partition coefficient (Wildman–Crippen LogP) is 0.494. The summed E-state index contributed by atoms with van der Waals surface area (Å²) in [5.74, 6) is 0.558. The van der Waals surface area contributed by atoms with Crippen molar-refractivity contribution >= 4 is 6.21 Å². The molecule has 0 aromatic carbocycles. The Balaban J connectivity index is 1.98. The topological polar surface area (TPSA) is 27.6 Å². The number of dihydropyridines is 1. The van der Waals surface area contributed by atoms with Gasteiger partial charge in [-0.3, -0.25) is 9.89 Å². The summed E-state index contributed by atoms with van der Waals surface area (Å²) in [5, 5.41) is 3.36. The lowest BCUT2D eigenvalue weighted by molar-refractivity contribution is 0.151. The van der Waals surface area contributed by atoms with Gasteiger partial charge in [-0.1, -0.05) is 13.0 Å². The van der Waals surface area contributed by atoms with E-state index in [0.29, 0.717) is 12.1 Å². The summed E-state index contributed by atoms with van der Waals surface area (Å²) >= 11 is 0. The predicted molar refractivity (Wildman–Crippen MR) is 55.0 cm³/mol. The van der Waals surface area contributed by atoms with Crippen molar-refractivity contribution in [3.05, 3.63) is 12.2 Å².